The highest BCUT2D eigenvalue weighted by Gasteiger charge is 2.11. The van der Waals surface area contributed by atoms with Gasteiger partial charge >= 0.3 is 5.97 Å². The second kappa shape index (κ2) is 6.74. The predicted octanol–water partition coefficient (Wildman–Crippen LogP) is 2.07. The number of carboxylic acid groups (broad SMARTS) is 1. The summed E-state index contributed by atoms with van der Waals surface area (Å²) in [5.74, 6) is -1.25. The van der Waals surface area contributed by atoms with E-state index in [1.807, 2.05) is 24.3 Å². The fourth-order valence-corrected chi connectivity index (χ4v) is 2.05. The Hall–Kier alpha value is -2.56. The van der Waals surface area contributed by atoms with E-state index in [9.17, 15) is 9.59 Å². The third-order valence-corrected chi connectivity index (χ3v) is 3.28. The summed E-state index contributed by atoms with van der Waals surface area (Å²) in [5, 5.41) is 11.8. The van der Waals surface area contributed by atoms with Gasteiger partial charge in [-0.1, -0.05) is 31.2 Å². The van der Waals surface area contributed by atoms with E-state index in [0.29, 0.717) is 6.54 Å². The highest BCUT2D eigenvalue weighted by molar-refractivity contribution is 5.86. The Kier molecular flexibility index (Phi) is 4.77. The topological polar surface area (TPSA) is 71.3 Å². The molecule has 2 aromatic rings. The van der Waals surface area contributed by atoms with Gasteiger partial charge in [0.25, 0.3) is 0 Å². The van der Waals surface area contributed by atoms with Crippen molar-refractivity contribution < 1.29 is 14.7 Å². The zero-order valence-electron chi connectivity index (χ0n) is 11.9. The van der Waals surface area contributed by atoms with Crippen LogP contribution in [0.1, 0.15) is 28.5 Å². The minimum absolute atomic E-state index is 0.00166. The summed E-state index contributed by atoms with van der Waals surface area (Å²) in [6, 6.07) is 11.1. The Balaban J connectivity index is 1.89. The first-order chi connectivity index (χ1) is 10.1. The average Bonchev–Trinajstić information content (AvgIpc) is 2.94. The van der Waals surface area contributed by atoms with Crippen molar-refractivity contribution in [2.24, 2.45) is 0 Å². The number of carboxylic acids is 1. The molecular formula is C16H18N2O3. The first-order valence-electron chi connectivity index (χ1n) is 6.83. The number of rotatable bonds is 6. The zero-order chi connectivity index (χ0) is 15.2. The van der Waals surface area contributed by atoms with Gasteiger partial charge in [0.05, 0.1) is 0 Å². The summed E-state index contributed by atoms with van der Waals surface area (Å²) < 4.78 is 1.41. The molecule has 0 saturated carbocycles. The van der Waals surface area contributed by atoms with E-state index in [2.05, 4.69) is 12.2 Å². The average molecular weight is 286 g/mol. The molecule has 21 heavy (non-hydrogen) atoms. The SMILES string of the molecule is CCc1ccc(CNC(=O)Cn2cccc2C(=O)O)cc1. The Morgan fingerprint density at radius 3 is 2.43 bits per heavy atom. The van der Waals surface area contributed by atoms with Crippen molar-refractivity contribution in [1.29, 1.82) is 0 Å². The number of carbonyl (C=O) groups is 2. The van der Waals surface area contributed by atoms with Crippen molar-refractivity contribution >= 4 is 11.9 Å². The highest BCUT2D eigenvalue weighted by Crippen LogP contribution is 2.05. The second-order valence-corrected chi connectivity index (χ2v) is 4.77. The van der Waals surface area contributed by atoms with Crippen LogP contribution in [-0.4, -0.2) is 21.6 Å². The van der Waals surface area contributed by atoms with Gasteiger partial charge in [0.1, 0.15) is 12.2 Å². The van der Waals surface area contributed by atoms with Crippen LogP contribution in [0, 0.1) is 0 Å². The largest absolute Gasteiger partial charge is 0.477 e. The van der Waals surface area contributed by atoms with E-state index in [0.717, 1.165) is 12.0 Å². The number of amides is 1. The minimum Gasteiger partial charge on any atom is -0.477 e. The van der Waals surface area contributed by atoms with Crippen LogP contribution in [-0.2, 0) is 24.3 Å². The second-order valence-electron chi connectivity index (χ2n) is 4.77. The first-order valence-corrected chi connectivity index (χ1v) is 6.83. The summed E-state index contributed by atoms with van der Waals surface area (Å²) in [5.41, 5.74) is 2.38. The molecule has 1 aromatic heterocycles. The number of nitrogens with zero attached hydrogens (tertiary/aromatic N) is 1. The maximum absolute atomic E-state index is 11.9. The number of aromatic nitrogens is 1. The molecule has 0 atom stereocenters. The van der Waals surface area contributed by atoms with Crippen LogP contribution in [0.15, 0.2) is 42.6 Å². The van der Waals surface area contributed by atoms with Crippen LogP contribution in [0.4, 0.5) is 0 Å². The molecule has 0 aliphatic carbocycles. The number of hydrogen-bond acceptors (Lipinski definition) is 2. The fourth-order valence-electron chi connectivity index (χ4n) is 2.05. The molecule has 1 heterocycles. The maximum Gasteiger partial charge on any atom is 0.352 e. The molecule has 0 spiro atoms. The van der Waals surface area contributed by atoms with E-state index in [-0.39, 0.29) is 18.1 Å². The lowest BCUT2D eigenvalue weighted by molar-refractivity contribution is -0.121. The number of carbonyl (C=O) groups excluding carboxylic acids is 1. The molecule has 1 amide bonds. The van der Waals surface area contributed by atoms with Gasteiger partial charge in [-0.15, -0.1) is 0 Å². The van der Waals surface area contributed by atoms with Crippen molar-refractivity contribution in [2.45, 2.75) is 26.4 Å². The fraction of sp³-hybridized carbons (Fsp3) is 0.250. The normalized spacial score (nSPS) is 10.3. The molecular weight excluding hydrogens is 268 g/mol. The maximum atomic E-state index is 11.9. The standard InChI is InChI=1S/C16H18N2O3/c1-2-12-5-7-13(8-6-12)10-17-15(19)11-18-9-3-4-14(18)16(20)21/h3-9H,2,10-11H2,1H3,(H,17,19)(H,20,21). The summed E-state index contributed by atoms with van der Waals surface area (Å²) >= 11 is 0. The Morgan fingerprint density at radius 1 is 1.14 bits per heavy atom. The minimum atomic E-state index is -1.04. The summed E-state index contributed by atoms with van der Waals surface area (Å²) in [6.45, 7) is 2.53. The Labute approximate surface area is 123 Å². The van der Waals surface area contributed by atoms with E-state index in [1.54, 1.807) is 12.3 Å². The number of aromatic carboxylic acids is 1. The zero-order valence-corrected chi connectivity index (χ0v) is 11.9. The van der Waals surface area contributed by atoms with Crippen LogP contribution in [0.5, 0.6) is 0 Å². The van der Waals surface area contributed by atoms with Crippen molar-refractivity contribution in [3.8, 4) is 0 Å². The Morgan fingerprint density at radius 2 is 1.81 bits per heavy atom. The molecule has 0 unspecified atom stereocenters. The lowest BCUT2D eigenvalue weighted by Gasteiger charge is -2.08. The van der Waals surface area contributed by atoms with Crippen molar-refractivity contribution in [3.63, 3.8) is 0 Å². The predicted molar refractivity (Wildman–Crippen MR) is 79.1 cm³/mol. The molecule has 0 saturated heterocycles. The van der Waals surface area contributed by atoms with Gasteiger partial charge in [0, 0.05) is 12.7 Å². The van der Waals surface area contributed by atoms with Crippen LogP contribution in [0.25, 0.3) is 0 Å². The van der Waals surface area contributed by atoms with E-state index < -0.39 is 5.97 Å². The molecule has 0 radical (unpaired) electrons. The van der Waals surface area contributed by atoms with Crippen LogP contribution in [0.3, 0.4) is 0 Å². The van der Waals surface area contributed by atoms with Crippen molar-refractivity contribution in [1.82, 2.24) is 9.88 Å². The lowest BCUT2D eigenvalue weighted by atomic mass is 10.1. The van der Waals surface area contributed by atoms with Gasteiger partial charge in [-0.05, 0) is 29.7 Å². The molecule has 0 aliphatic rings. The first kappa shape index (κ1) is 14.8. The quantitative estimate of drug-likeness (QED) is 0.854. The molecule has 5 nitrogen and oxygen atoms in total. The number of hydrogen-bond donors (Lipinski definition) is 2. The number of nitrogens with one attached hydrogen (secondary N) is 1. The molecule has 110 valence electrons. The van der Waals surface area contributed by atoms with Gasteiger partial charge in [-0.2, -0.15) is 0 Å². The van der Waals surface area contributed by atoms with E-state index >= 15 is 0 Å². The number of aryl methyl sites for hydroxylation is 1. The monoisotopic (exact) mass is 286 g/mol. The van der Waals surface area contributed by atoms with Gasteiger partial charge in [-0.25, -0.2) is 4.79 Å². The van der Waals surface area contributed by atoms with Crippen molar-refractivity contribution in [3.05, 3.63) is 59.4 Å². The number of benzene rings is 1. The molecule has 2 N–H and O–H groups in total. The molecule has 2 rings (SSSR count). The van der Waals surface area contributed by atoms with Gasteiger partial charge < -0.3 is 15.0 Å². The third kappa shape index (κ3) is 3.95. The molecule has 0 aliphatic heterocycles. The summed E-state index contributed by atoms with van der Waals surface area (Å²) in [4.78, 5) is 22.8. The third-order valence-electron chi connectivity index (χ3n) is 3.28. The summed E-state index contributed by atoms with van der Waals surface area (Å²) in [7, 11) is 0. The molecule has 5 heteroatoms. The van der Waals surface area contributed by atoms with Gasteiger partial charge in [0.15, 0.2) is 0 Å². The van der Waals surface area contributed by atoms with Gasteiger partial charge in [-0.3, -0.25) is 4.79 Å². The van der Waals surface area contributed by atoms with Gasteiger partial charge in [0.2, 0.25) is 5.91 Å². The molecule has 0 bridgehead atoms. The van der Waals surface area contributed by atoms with Crippen molar-refractivity contribution in [2.75, 3.05) is 0 Å². The lowest BCUT2D eigenvalue weighted by Crippen LogP contribution is -2.28. The highest BCUT2D eigenvalue weighted by atomic mass is 16.4. The van der Waals surface area contributed by atoms with E-state index in [1.165, 1.54) is 16.2 Å². The van der Waals surface area contributed by atoms with Crippen LogP contribution in [0.2, 0.25) is 0 Å². The molecule has 1 aromatic carbocycles. The van der Waals surface area contributed by atoms with Crippen LogP contribution < -0.4 is 5.32 Å². The summed E-state index contributed by atoms with van der Waals surface area (Å²) in [6.07, 6.45) is 2.57. The Bertz CT molecular complexity index is 629. The van der Waals surface area contributed by atoms with E-state index in [4.69, 9.17) is 5.11 Å². The van der Waals surface area contributed by atoms with Crippen LogP contribution >= 0.6 is 0 Å². The smallest absolute Gasteiger partial charge is 0.352 e. The molecule has 0 fully saturated rings.